The zero-order valence-corrected chi connectivity index (χ0v) is 24.9. The van der Waals surface area contributed by atoms with Gasteiger partial charge in [0.15, 0.2) is 0 Å². The fourth-order valence-electron chi connectivity index (χ4n) is 4.12. The molecule has 4 aromatic rings. The highest BCUT2D eigenvalue weighted by molar-refractivity contribution is 7.90. The number of ether oxygens (including phenoxy) is 1. The minimum atomic E-state index is -4.31. The summed E-state index contributed by atoms with van der Waals surface area (Å²) in [7, 11) is -7.31. The van der Waals surface area contributed by atoms with Gasteiger partial charge in [0, 0.05) is 17.2 Å². The van der Waals surface area contributed by atoms with E-state index in [1.54, 1.807) is 84.9 Å². The Morgan fingerprint density at radius 2 is 1.24 bits per heavy atom. The summed E-state index contributed by atoms with van der Waals surface area (Å²) in [6.07, 6.45) is 1.06. The number of benzene rings is 4. The van der Waals surface area contributed by atoms with E-state index in [0.29, 0.717) is 11.1 Å². The predicted octanol–water partition coefficient (Wildman–Crippen LogP) is 5.30. The molecule has 216 valence electrons. The van der Waals surface area contributed by atoms with Crippen molar-refractivity contribution in [3.8, 4) is 0 Å². The van der Waals surface area contributed by atoms with Gasteiger partial charge in [-0.05, 0) is 43.7 Å². The Morgan fingerprint density at radius 1 is 0.738 bits per heavy atom. The molecule has 0 spiro atoms. The highest BCUT2D eigenvalue weighted by Gasteiger charge is 2.30. The maximum absolute atomic E-state index is 13.7. The monoisotopic (exact) mass is 602 g/mol. The minimum Gasteiger partial charge on any atom is -0.466 e. The van der Waals surface area contributed by atoms with Crippen LogP contribution in [0, 0.1) is 13.8 Å². The molecule has 42 heavy (non-hydrogen) atoms. The first-order valence-electron chi connectivity index (χ1n) is 12.9. The molecule has 0 bridgehead atoms. The summed E-state index contributed by atoms with van der Waals surface area (Å²) in [5, 5.41) is 0. The molecule has 0 amide bonds. The van der Waals surface area contributed by atoms with Crippen molar-refractivity contribution in [2.75, 3.05) is 7.11 Å². The van der Waals surface area contributed by atoms with Crippen LogP contribution in [0.5, 0.6) is 0 Å². The second-order valence-electron chi connectivity index (χ2n) is 9.49. The van der Waals surface area contributed by atoms with E-state index in [1.807, 2.05) is 13.8 Å². The number of esters is 1. The van der Waals surface area contributed by atoms with Crippen molar-refractivity contribution in [3.63, 3.8) is 0 Å². The molecule has 0 aliphatic heterocycles. The maximum atomic E-state index is 13.7. The predicted molar refractivity (Wildman–Crippen MR) is 162 cm³/mol. The summed E-state index contributed by atoms with van der Waals surface area (Å²) in [6.45, 7) is 3.67. The Labute approximate surface area is 246 Å². The third kappa shape index (κ3) is 7.47. The molecule has 4 aromatic carbocycles. The second-order valence-corrected chi connectivity index (χ2v) is 12.8. The van der Waals surface area contributed by atoms with Crippen molar-refractivity contribution < 1.29 is 26.4 Å². The molecule has 0 fully saturated rings. The van der Waals surface area contributed by atoms with E-state index in [1.165, 1.54) is 31.4 Å². The number of nitrogens with one attached hydrogen (secondary N) is 1. The van der Waals surface area contributed by atoms with Gasteiger partial charge in [0.05, 0.1) is 28.7 Å². The van der Waals surface area contributed by atoms with Gasteiger partial charge in [-0.2, -0.15) is 17.5 Å². The van der Waals surface area contributed by atoms with Gasteiger partial charge in [-0.25, -0.2) is 13.2 Å². The van der Waals surface area contributed by atoms with Crippen LogP contribution in [-0.4, -0.2) is 35.6 Å². The Morgan fingerprint density at radius 3 is 1.76 bits per heavy atom. The molecule has 8 nitrogen and oxygen atoms in total. The summed E-state index contributed by atoms with van der Waals surface area (Å²) in [4.78, 5) is 12.7. The van der Waals surface area contributed by atoms with Gasteiger partial charge < -0.3 is 4.74 Å². The molecule has 0 aromatic heterocycles. The molecular formula is C32H30N2O6S2. The number of hydrogen-bond donors (Lipinski definition) is 1. The molecule has 1 N–H and O–H groups in total. The average molecular weight is 603 g/mol. The number of hydrogen-bond acceptors (Lipinski definition) is 6. The summed E-state index contributed by atoms with van der Waals surface area (Å²) in [6, 6.07) is 28.1. The lowest BCUT2D eigenvalue weighted by molar-refractivity contribution is -0.134. The minimum absolute atomic E-state index is 0.00285. The number of methoxy groups -OCH3 is 1. The van der Waals surface area contributed by atoms with Crippen molar-refractivity contribution in [2.24, 2.45) is 4.40 Å². The van der Waals surface area contributed by atoms with Crippen LogP contribution in [0.3, 0.4) is 0 Å². The SMILES string of the molecule is COC(=O)/C=C(\C(=N\S(=O)(=O)c1ccc(C)cc1)c1ccccc1)C(NS(=O)(=O)c1ccc(C)cc1)c1ccccc1. The summed E-state index contributed by atoms with van der Waals surface area (Å²) in [5.74, 6) is -0.822. The second kappa shape index (κ2) is 13.1. The van der Waals surface area contributed by atoms with Gasteiger partial charge in [-0.3, -0.25) is 0 Å². The molecule has 0 saturated carbocycles. The van der Waals surface area contributed by atoms with E-state index >= 15 is 0 Å². The first-order chi connectivity index (χ1) is 20.0. The number of aryl methyl sites for hydroxylation is 2. The Bertz CT molecular complexity index is 1820. The third-order valence-electron chi connectivity index (χ3n) is 6.37. The fourth-order valence-corrected chi connectivity index (χ4v) is 6.36. The first kappa shape index (κ1) is 30.6. The van der Waals surface area contributed by atoms with Crippen LogP contribution in [0.15, 0.2) is 135 Å². The van der Waals surface area contributed by atoms with Crippen LogP contribution in [-0.2, 0) is 29.6 Å². The van der Waals surface area contributed by atoms with Gasteiger partial charge in [0.1, 0.15) is 0 Å². The van der Waals surface area contributed by atoms with Crippen molar-refractivity contribution in [3.05, 3.63) is 143 Å². The fraction of sp³-hybridized carbons (Fsp3) is 0.125. The summed E-state index contributed by atoms with van der Waals surface area (Å²) >= 11 is 0. The van der Waals surface area contributed by atoms with Crippen LogP contribution < -0.4 is 4.72 Å². The summed E-state index contributed by atoms with van der Waals surface area (Å²) < 4.78 is 66.4. The van der Waals surface area contributed by atoms with E-state index in [-0.39, 0.29) is 21.1 Å². The van der Waals surface area contributed by atoms with Crippen molar-refractivity contribution in [1.82, 2.24) is 4.72 Å². The van der Waals surface area contributed by atoms with E-state index in [0.717, 1.165) is 17.2 Å². The Hall–Kier alpha value is -4.38. The molecule has 0 aliphatic rings. The largest absolute Gasteiger partial charge is 0.466 e. The molecule has 0 aliphatic carbocycles. The maximum Gasteiger partial charge on any atom is 0.330 e. The molecule has 4 rings (SSSR count). The molecule has 10 heteroatoms. The van der Waals surface area contributed by atoms with Gasteiger partial charge in [0.25, 0.3) is 10.0 Å². The van der Waals surface area contributed by atoms with E-state index in [9.17, 15) is 21.6 Å². The van der Waals surface area contributed by atoms with Crippen LogP contribution in [0.2, 0.25) is 0 Å². The lowest BCUT2D eigenvalue weighted by Gasteiger charge is -2.24. The van der Waals surface area contributed by atoms with Crippen molar-refractivity contribution >= 4 is 31.7 Å². The Kier molecular flexibility index (Phi) is 9.52. The molecule has 0 heterocycles. The number of carbonyl (C=O) groups excluding carboxylic acids is 1. The highest BCUT2D eigenvalue weighted by atomic mass is 32.2. The number of nitrogens with zero attached hydrogens (tertiary/aromatic N) is 1. The first-order valence-corrected chi connectivity index (χ1v) is 15.8. The van der Waals surface area contributed by atoms with Crippen molar-refractivity contribution in [1.29, 1.82) is 0 Å². The van der Waals surface area contributed by atoms with Crippen LogP contribution in [0.4, 0.5) is 0 Å². The van der Waals surface area contributed by atoms with Gasteiger partial charge in [-0.1, -0.05) is 96.1 Å². The lowest BCUT2D eigenvalue weighted by Crippen LogP contribution is -2.33. The normalized spacial score (nSPS) is 13.4. The van der Waals surface area contributed by atoms with E-state index in [4.69, 9.17) is 4.74 Å². The highest BCUT2D eigenvalue weighted by Crippen LogP contribution is 2.30. The zero-order valence-electron chi connectivity index (χ0n) is 23.3. The van der Waals surface area contributed by atoms with Gasteiger partial charge in [0.2, 0.25) is 10.0 Å². The van der Waals surface area contributed by atoms with Crippen LogP contribution >= 0.6 is 0 Å². The lowest BCUT2D eigenvalue weighted by atomic mass is 9.92. The van der Waals surface area contributed by atoms with Gasteiger partial charge >= 0.3 is 5.97 Å². The van der Waals surface area contributed by atoms with E-state index in [2.05, 4.69) is 9.12 Å². The average Bonchev–Trinajstić information content (AvgIpc) is 2.99. The zero-order chi connectivity index (χ0) is 30.3. The Balaban J connectivity index is 1.99. The van der Waals surface area contributed by atoms with Gasteiger partial charge in [-0.15, -0.1) is 0 Å². The van der Waals surface area contributed by atoms with E-state index < -0.39 is 32.1 Å². The molecule has 0 radical (unpaired) electrons. The molecular weight excluding hydrogens is 572 g/mol. The number of carbonyl (C=O) groups is 1. The molecule has 0 saturated heterocycles. The van der Waals surface area contributed by atoms with Crippen molar-refractivity contribution in [2.45, 2.75) is 29.7 Å². The number of rotatable bonds is 10. The quantitative estimate of drug-likeness (QED) is 0.150. The van der Waals surface area contributed by atoms with Crippen LogP contribution in [0.1, 0.15) is 28.3 Å². The summed E-state index contributed by atoms with van der Waals surface area (Å²) in [5.41, 5.74) is 2.38. The number of sulfonamides is 2. The standard InChI is InChI=1S/C32H30N2O6S2/c1-23-14-18-27(19-15-23)41(36,37)33-31(25-10-6-4-7-11-25)29(22-30(35)40-3)32(26-12-8-5-9-13-26)34-42(38,39)28-20-16-24(2)17-21-28/h4-22,31,33H,1-3H3/b29-22-,34-32+. The molecule has 1 unspecified atom stereocenters. The smallest absolute Gasteiger partial charge is 0.330 e. The topological polar surface area (TPSA) is 119 Å². The third-order valence-corrected chi connectivity index (χ3v) is 9.10. The molecule has 1 atom stereocenters. The van der Waals surface area contributed by atoms with Crippen LogP contribution in [0.25, 0.3) is 0 Å².